The van der Waals surface area contributed by atoms with E-state index in [0.29, 0.717) is 11.9 Å². The van der Waals surface area contributed by atoms with Crippen molar-refractivity contribution < 1.29 is 0 Å². The van der Waals surface area contributed by atoms with Crippen LogP contribution in [0.2, 0.25) is 0 Å². The molecule has 0 amide bonds. The molecule has 1 aromatic rings. The first-order valence-corrected chi connectivity index (χ1v) is 6.98. The quantitative estimate of drug-likeness (QED) is 0.756. The van der Waals surface area contributed by atoms with Crippen molar-refractivity contribution in [3.8, 4) is 0 Å². The van der Waals surface area contributed by atoms with Gasteiger partial charge < -0.3 is 10.6 Å². The number of nitrogens with two attached hydrogens (primary N) is 1. The van der Waals surface area contributed by atoms with Crippen LogP contribution < -0.4 is 10.6 Å². The van der Waals surface area contributed by atoms with Gasteiger partial charge in [-0.15, -0.1) is 0 Å². The Morgan fingerprint density at radius 1 is 1.22 bits per heavy atom. The van der Waals surface area contributed by atoms with Crippen LogP contribution in [0.5, 0.6) is 0 Å². The van der Waals surface area contributed by atoms with Gasteiger partial charge in [0.25, 0.3) is 0 Å². The molecule has 102 valence electrons. The smallest absolute Gasteiger partial charge is 0.134 e. The number of rotatable bonds is 7. The van der Waals surface area contributed by atoms with Gasteiger partial charge in [0.15, 0.2) is 0 Å². The average molecular weight is 250 g/mol. The van der Waals surface area contributed by atoms with E-state index in [2.05, 4.69) is 42.6 Å². The first-order chi connectivity index (χ1) is 8.58. The molecule has 0 bridgehead atoms. The Labute approximate surface area is 111 Å². The van der Waals surface area contributed by atoms with E-state index in [1.807, 2.05) is 6.07 Å². The normalized spacial score (nSPS) is 10.9. The Kier molecular flexibility index (Phi) is 5.89. The van der Waals surface area contributed by atoms with E-state index in [0.717, 1.165) is 24.6 Å². The van der Waals surface area contributed by atoms with Gasteiger partial charge in [-0.3, -0.25) is 0 Å². The summed E-state index contributed by atoms with van der Waals surface area (Å²) in [5, 5.41) is 0. The maximum absolute atomic E-state index is 5.85. The Morgan fingerprint density at radius 2 is 1.94 bits per heavy atom. The molecule has 0 aliphatic carbocycles. The third-order valence-electron chi connectivity index (χ3n) is 3.02. The minimum atomic E-state index is 0.431. The zero-order chi connectivity index (χ0) is 13.5. The molecule has 0 radical (unpaired) electrons. The van der Waals surface area contributed by atoms with Gasteiger partial charge in [0.05, 0.1) is 0 Å². The lowest BCUT2D eigenvalue weighted by molar-refractivity contribution is 0.618. The molecule has 4 heteroatoms. The number of hydrogen-bond donors (Lipinski definition) is 1. The SMILES string of the molecule is CCCCCN(c1cc(N)nc(CC)n1)C(C)C. The molecule has 0 aliphatic heterocycles. The lowest BCUT2D eigenvalue weighted by Crippen LogP contribution is -2.33. The van der Waals surface area contributed by atoms with Gasteiger partial charge in [-0.05, 0) is 20.3 Å². The third-order valence-corrected chi connectivity index (χ3v) is 3.02. The second-order valence-corrected chi connectivity index (χ2v) is 4.92. The lowest BCUT2D eigenvalue weighted by Gasteiger charge is -2.28. The lowest BCUT2D eigenvalue weighted by atomic mass is 10.2. The van der Waals surface area contributed by atoms with Crippen molar-refractivity contribution in [2.75, 3.05) is 17.2 Å². The number of hydrogen-bond acceptors (Lipinski definition) is 4. The highest BCUT2D eigenvalue weighted by Crippen LogP contribution is 2.18. The highest BCUT2D eigenvalue weighted by atomic mass is 15.2. The molecule has 0 atom stereocenters. The van der Waals surface area contributed by atoms with E-state index in [1.165, 1.54) is 19.3 Å². The van der Waals surface area contributed by atoms with Crippen LogP contribution in [0, 0.1) is 0 Å². The van der Waals surface area contributed by atoms with Crippen molar-refractivity contribution in [3.63, 3.8) is 0 Å². The summed E-state index contributed by atoms with van der Waals surface area (Å²) in [6.07, 6.45) is 4.50. The third kappa shape index (κ3) is 4.17. The summed E-state index contributed by atoms with van der Waals surface area (Å²) in [4.78, 5) is 11.1. The van der Waals surface area contributed by atoms with E-state index in [1.54, 1.807) is 0 Å². The Balaban J connectivity index is 2.87. The molecule has 0 unspecified atom stereocenters. The molecule has 0 saturated carbocycles. The fourth-order valence-corrected chi connectivity index (χ4v) is 1.98. The van der Waals surface area contributed by atoms with E-state index < -0.39 is 0 Å². The van der Waals surface area contributed by atoms with Crippen LogP contribution in [0.15, 0.2) is 6.07 Å². The molecule has 0 aromatic carbocycles. The van der Waals surface area contributed by atoms with E-state index in [9.17, 15) is 0 Å². The Hall–Kier alpha value is -1.32. The second-order valence-electron chi connectivity index (χ2n) is 4.92. The first kappa shape index (κ1) is 14.7. The molecular formula is C14H26N4. The van der Waals surface area contributed by atoms with Crippen molar-refractivity contribution in [1.82, 2.24) is 9.97 Å². The van der Waals surface area contributed by atoms with Crippen molar-refractivity contribution in [1.29, 1.82) is 0 Å². The Morgan fingerprint density at radius 3 is 2.50 bits per heavy atom. The van der Waals surface area contributed by atoms with Crippen LogP contribution in [0.1, 0.15) is 52.8 Å². The summed E-state index contributed by atoms with van der Waals surface area (Å²) < 4.78 is 0. The van der Waals surface area contributed by atoms with Crippen LogP contribution in [0.3, 0.4) is 0 Å². The van der Waals surface area contributed by atoms with Crippen molar-refractivity contribution in [3.05, 3.63) is 11.9 Å². The maximum atomic E-state index is 5.85. The predicted molar refractivity (Wildman–Crippen MR) is 77.8 cm³/mol. The molecule has 2 N–H and O–H groups in total. The molecule has 0 fully saturated rings. The van der Waals surface area contributed by atoms with E-state index in [4.69, 9.17) is 5.73 Å². The zero-order valence-corrected chi connectivity index (χ0v) is 12.1. The van der Waals surface area contributed by atoms with Gasteiger partial charge in [0.2, 0.25) is 0 Å². The fourth-order valence-electron chi connectivity index (χ4n) is 1.98. The summed E-state index contributed by atoms with van der Waals surface area (Å²) in [6, 6.07) is 2.31. The van der Waals surface area contributed by atoms with Gasteiger partial charge in [-0.1, -0.05) is 26.7 Å². The maximum Gasteiger partial charge on any atom is 0.134 e. The highest BCUT2D eigenvalue weighted by Gasteiger charge is 2.13. The van der Waals surface area contributed by atoms with Crippen molar-refractivity contribution >= 4 is 11.6 Å². The van der Waals surface area contributed by atoms with Gasteiger partial charge in [0, 0.05) is 25.1 Å². The molecule has 0 aliphatic rings. The minimum Gasteiger partial charge on any atom is -0.384 e. The number of nitrogens with zero attached hydrogens (tertiary/aromatic N) is 3. The number of aromatic nitrogens is 2. The van der Waals surface area contributed by atoms with E-state index >= 15 is 0 Å². The van der Waals surface area contributed by atoms with Crippen LogP contribution >= 0.6 is 0 Å². The fraction of sp³-hybridized carbons (Fsp3) is 0.714. The number of nitrogen functional groups attached to an aromatic ring is 1. The van der Waals surface area contributed by atoms with Crippen LogP contribution in [0.4, 0.5) is 11.6 Å². The summed E-state index contributed by atoms with van der Waals surface area (Å²) in [5.41, 5.74) is 5.85. The number of unbranched alkanes of at least 4 members (excludes halogenated alkanes) is 2. The first-order valence-electron chi connectivity index (χ1n) is 6.98. The highest BCUT2D eigenvalue weighted by molar-refractivity contribution is 5.47. The predicted octanol–water partition coefficient (Wildman–Crippen LogP) is 3.03. The zero-order valence-electron chi connectivity index (χ0n) is 12.1. The summed E-state index contributed by atoms with van der Waals surface area (Å²) in [7, 11) is 0. The Bertz CT molecular complexity index is 363. The van der Waals surface area contributed by atoms with Crippen molar-refractivity contribution in [2.24, 2.45) is 0 Å². The molecule has 1 heterocycles. The topological polar surface area (TPSA) is 55.0 Å². The molecule has 1 aromatic heterocycles. The van der Waals surface area contributed by atoms with Crippen molar-refractivity contribution in [2.45, 2.75) is 59.4 Å². The van der Waals surface area contributed by atoms with E-state index in [-0.39, 0.29) is 0 Å². The molecular weight excluding hydrogens is 224 g/mol. The summed E-state index contributed by atoms with van der Waals surface area (Å²) in [5.74, 6) is 2.36. The second kappa shape index (κ2) is 7.19. The molecule has 1 rings (SSSR count). The number of aryl methyl sites for hydroxylation is 1. The molecule has 0 saturated heterocycles. The molecule has 0 spiro atoms. The summed E-state index contributed by atoms with van der Waals surface area (Å²) in [6.45, 7) is 9.68. The monoisotopic (exact) mass is 250 g/mol. The van der Waals surface area contributed by atoms with Gasteiger partial charge >= 0.3 is 0 Å². The summed E-state index contributed by atoms with van der Waals surface area (Å²) >= 11 is 0. The number of anilines is 2. The van der Waals surface area contributed by atoms with Crippen LogP contribution in [-0.4, -0.2) is 22.6 Å². The van der Waals surface area contributed by atoms with Crippen LogP contribution in [-0.2, 0) is 6.42 Å². The average Bonchev–Trinajstić information content (AvgIpc) is 2.33. The molecule has 4 nitrogen and oxygen atoms in total. The van der Waals surface area contributed by atoms with Crippen LogP contribution in [0.25, 0.3) is 0 Å². The largest absolute Gasteiger partial charge is 0.384 e. The standard InChI is InChI=1S/C14H26N4/c1-5-7-8-9-18(11(3)4)14-10-12(15)16-13(6-2)17-14/h10-11H,5-9H2,1-4H3,(H2,15,16,17). The van der Waals surface area contributed by atoms with Gasteiger partial charge in [0.1, 0.15) is 17.5 Å². The van der Waals surface area contributed by atoms with Gasteiger partial charge in [-0.2, -0.15) is 0 Å². The molecule has 18 heavy (non-hydrogen) atoms. The van der Waals surface area contributed by atoms with Gasteiger partial charge in [-0.25, -0.2) is 9.97 Å². The minimum absolute atomic E-state index is 0.431.